The van der Waals surface area contributed by atoms with Crippen LogP contribution in [0.25, 0.3) is 11.1 Å². The van der Waals surface area contributed by atoms with Crippen molar-refractivity contribution < 1.29 is 19.1 Å². The molecule has 0 atom stereocenters. The molecule has 0 bridgehead atoms. The van der Waals surface area contributed by atoms with Crippen molar-refractivity contribution in [1.82, 2.24) is 5.32 Å². The van der Waals surface area contributed by atoms with Gasteiger partial charge in [0.15, 0.2) is 0 Å². The fourth-order valence-electron chi connectivity index (χ4n) is 4.15. The van der Waals surface area contributed by atoms with E-state index in [2.05, 4.69) is 5.32 Å². The van der Waals surface area contributed by atoms with E-state index in [1.807, 2.05) is 56.3 Å². The summed E-state index contributed by atoms with van der Waals surface area (Å²) in [4.78, 5) is 25.6. The number of esters is 1. The average Bonchev–Trinajstić information content (AvgIpc) is 2.77. The molecule has 0 radical (unpaired) electrons. The van der Waals surface area contributed by atoms with Crippen molar-refractivity contribution in [2.24, 2.45) is 0 Å². The molecular formula is C25H30ClNO4. The Kier molecular flexibility index (Phi) is 7.07. The van der Waals surface area contributed by atoms with E-state index in [4.69, 9.17) is 21.1 Å². The Balaban J connectivity index is 1.78. The molecule has 0 unspecified atom stereocenters. The lowest BCUT2D eigenvalue weighted by Crippen LogP contribution is -2.59. The number of amides is 1. The molecule has 1 aliphatic carbocycles. The Morgan fingerprint density at radius 2 is 1.61 bits per heavy atom. The highest BCUT2D eigenvalue weighted by atomic mass is 35.5. The van der Waals surface area contributed by atoms with E-state index in [0.29, 0.717) is 30.7 Å². The minimum absolute atomic E-state index is 0.188. The van der Waals surface area contributed by atoms with Gasteiger partial charge in [0.05, 0.1) is 19.1 Å². The molecule has 166 valence electrons. The van der Waals surface area contributed by atoms with Crippen LogP contribution in [-0.2, 0) is 25.5 Å². The number of carbonyl (C=O) groups is 2. The van der Waals surface area contributed by atoms with E-state index in [1.54, 1.807) is 7.11 Å². The summed E-state index contributed by atoms with van der Waals surface area (Å²) < 4.78 is 10.6. The first kappa shape index (κ1) is 23.3. The van der Waals surface area contributed by atoms with Crippen LogP contribution < -0.4 is 5.32 Å². The number of ether oxygens (including phenoxy) is 2. The van der Waals surface area contributed by atoms with Gasteiger partial charge in [-0.15, -0.1) is 0 Å². The average molecular weight is 444 g/mol. The van der Waals surface area contributed by atoms with E-state index >= 15 is 0 Å². The minimum atomic E-state index is -1.01. The van der Waals surface area contributed by atoms with Crippen molar-refractivity contribution in [2.45, 2.75) is 57.1 Å². The molecule has 1 fully saturated rings. The molecule has 0 aliphatic heterocycles. The molecule has 1 N–H and O–H groups in total. The van der Waals surface area contributed by atoms with Gasteiger partial charge >= 0.3 is 5.97 Å². The summed E-state index contributed by atoms with van der Waals surface area (Å²) >= 11 is 6.00. The smallest absolute Gasteiger partial charge is 0.331 e. The zero-order valence-electron chi connectivity index (χ0n) is 18.6. The molecule has 6 heteroatoms. The van der Waals surface area contributed by atoms with Gasteiger partial charge in [0.2, 0.25) is 5.91 Å². The predicted molar refractivity (Wildman–Crippen MR) is 122 cm³/mol. The highest BCUT2D eigenvalue weighted by Crippen LogP contribution is 2.37. The van der Waals surface area contributed by atoms with E-state index in [1.165, 1.54) is 7.11 Å². The molecular weight excluding hydrogens is 414 g/mol. The van der Waals surface area contributed by atoms with Gasteiger partial charge in [0.25, 0.3) is 0 Å². The molecule has 1 amide bonds. The molecule has 0 spiro atoms. The van der Waals surface area contributed by atoms with Crippen LogP contribution in [0, 0.1) is 6.92 Å². The molecule has 31 heavy (non-hydrogen) atoms. The molecule has 2 aromatic carbocycles. The van der Waals surface area contributed by atoms with Crippen LogP contribution in [0.3, 0.4) is 0 Å². The third-order valence-electron chi connectivity index (χ3n) is 6.49. The second-order valence-corrected chi connectivity index (χ2v) is 9.04. The number of hydrogen-bond acceptors (Lipinski definition) is 4. The lowest BCUT2D eigenvalue weighted by Gasteiger charge is -2.42. The fourth-order valence-corrected chi connectivity index (χ4v) is 4.28. The Hall–Kier alpha value is -2.37. The molecule has 2 aromatic rings. The molecule has 1 aliphatic rings. The number of methoxy groups -OCH3 is 2. The molecule has 3 rings (SSSR count). The van der Waals surface area contributed by atoms with E-state index in [0.717, 1.165) is 22.3 Å². The van der Waals surface area contributed by atoms with Gasteiger partial charge in [0, 0.05) is 12.1 Å². The van der Waals surface area contributed by atoms with E-state index in [-0.39, 0.29) is 17.9 Å². The SMILES string of the molecule is COC(=O)[C@]1(NC(=O)Cc2cc(-c3ccc(Cl)cc3)ccc2C)CC[C@](C)(OC)CC1. The maximum atomic E-state index is 13.0. The standard InChI is InChI=1S/C25H30ClNO4/c1-17-5-6-19(18-7-9-21(26)10-8-18)15-20(17)16-22(28)27-25(23(29)30-3)13-11-24(2,31-4)12-14-25/h5-10,15H,11-14,16H2,1-4H3,(H,27,28)/t24-,25-. The Morgan fingerprint density at radius 3 is 2.19 bits per heavy atom. The lowest BCUT2D eigenvalue weighted by atomic mass is 9.74. The second kappa shape index (κ2) is 9.41. The van der Waals surface area contributed by atoms with E-state index in [9.17, 15) is 9.59 Å². The van der Waals surface area contributed by atoms with Gasteiger partial charge in [-0.1, -0.05) is 41.9 Å². The summed E-state index contributed by atoms with van der Waals surface area (Å²) in [5.41, 5.74) is 2.69. The molecule has 1 saturated carbocycles. The van der Waals surface area contributed by atoms with Gasteiger partial charge < -0.3 is 14.8 Å². The van der Waals surface area contributed by atoms with Crippen molar-refractivity contribution >= 4 is 23.5 Å². The number of rotatable bonds is 6. The first-order chi connectivity index (χ1) is 14.7. The van der Waals surface area contributed by atoms with Crippen LogP contribution in [0.4, 0.5) is 0 Å². The maximum Gasteiger partial charge on any atom is 0.331 e. The highest BCUT2D eigenvalue weighted by Gasteiger charge is 2.47. The lowest BCUT2D eigenvalue weighted by molar-refractivity contribution is -0.155. The van der Waals surface area contributed by atoms with E-state index < -0.39 is 11.5 Å². The molecule has 0 saturated heterocycles. The first-order valence-electron chi connectivity index (χ1n) is 10.5. The van der Waals surface area contributed by atoms with Gasteiger partial charge in [-0.3, -0.25) is 4.79 Å². The van der Waals surface area contributed by atoms with Crippen LogP contribution in [0.1, 0.15) is 43.7 Å². The first-order valence-corrected chi connectivity index (χ1v) is 10.9. The number of carbonyl (C=O) groups excluding carboxylic acids is 2. The van der Waals surface area contributed by atoms with Crippen molar-refractivity contribution in [1.29, 1.82) is 0 Å². The Labute approximate surface area is 189 Å². The third kappa shape index (κ3) is 5.28. The summed E-state index contributed by atoms with van der Waals surface area (Å²) in [5, 5.41) is 3.68. The number of hydrogen-bond donors (Lipinski definition) is 1. The summed E-state index contributed by atoms with van der Waals surface area (Å²) in [6.07, 6.45) is 2.50. The molecule has 0 aromatic heterocycles. The number of nitrogens with one attached hydrogen (secondary N) is 1. The maximum absolute atomic E-state index is 13.0. The topological polar surface area (TPSA) is 64.6 Å². The van der Waals surface area contributed by atoms with Crippen LogP contribution in [0.15, 0.2) is 42.5 Å². The predicted octanol–water partition coefficient (Wildman–Crippen LogP) is 4.87. The summed E-state index contributed by atoms with van der Waals surface area (Å²) in [6.45, 7) is 4.01. The quantitative estimate of drug-likeness (QED) is 0.647. The van der Waals surface area contributed by atoms with Crippen LogP contribution in [-0.4, -0.2) is 37.2 Å². The summed E-state index contributed by atoms with van der Waals surface area (Å²) in [6, 6.07) is 13.7. The van der Waals surface area contributed by atoms with Crippen molar-refractivity contribution in [3.63, 3.8) is 0 Å². The highest BCUT2D eigenvalue weighted by molar-refractivity contribution is 6.30. The third-order valence-corrected chi connectivity index (χ3v) is 6.74. The van der Waals surface area contributed by atoms with Crippen molar-refractivity contribution in [3.05, 3.63) is 58.6 Å². The monoisotopic (exact) mass is 443 g/mol. The van der Waals surface area contributed by atoms with Gasteiger partial charge in [0.1, 0.15) is 5.54 Å². The number of benzene rings is 2. The van der Waals surface area contributed by atoms with Crippen LogP contribution in [0.2, 0.25) is 5.02 Å². The van der Waals surface area contributed by atoms with Crippen LogP contribution in [0.5, 0.6) is 0 Å². The zero-order valence-corrected chi connectivity index (χ0v) is 19.3. The van der Waals surface area contributed by atoms with Crippen molar-refractivity contribution in [2.75, 3.05) is 14.2 Å². The molecule has 5 nitrogen and oxygen atoms in total. The summed E-state index contributed by atoms with van der Waals surface area (Å²) in [7, 11) is 3.04. The van der Waals surface area contributed by atoms with Crippen molar-refractivity contribution in [3.8, 4) is 11.1 Å². The zero-order chi connectivity index (χ0) is 22.6. The molecule has 0 heterocycles. The van der Waals surface area contributed by atoms with Gasteiger partial charge in [-0.05, 0) is 73.9 Å². The Bertz CT molecular complexity index is 946. The van der Waals surface area contributed by atoms with Crippen LogP contribution >= 0.6 is 11.6 Å². The Morgan fingerprint density at radius 1 is 1.00 bits per heavy atom. The normalized spacial score (nSPS) is 23.3. The number of aryl methyl sites for hydroxylation is 1. The number of halogens is 1. The largest absolute Gasteiger partial charge is 0.467 e. The minimum Gasteiger partial charge on any atom is -0.467 e. The fraction of sp³-hybridized carbons (Fsp3) is 0.440. The summed E-state index contributed by atoms with van der Waals surface area (Å²) in [5.74, 6) is -0.589. The van der Waals surface area contributed by atoms with Gasteiger partial charge in [-0.2, -0.15) is 0 Å². The second-order valence-electron chi connectivity index (χ2n) is 8.60. The van der Waals surface area contributed by atoms with Gasteiger partial charge in [-0.25, -0.2) is 4.79 Å².